The summed E-state index contributed by atoms with van der Waals surface area (Å²) in [6, 6.07) is 13.8. The number of hydrogen-bond acceptors (Lipinski definition) is 4. The zero-order valence-electron chi connectivity index (χ0n) is 11.7. The third-order valence-electron chi connectivity index (χ3n) is 3.15. The topological polar surface area (TPSA) is 72.6 Å². The van der Waals surface area contributed by atoms with E-state index in [9.17, 15) is 15.2 Å². The van der Waals surface area contributed by atoms with Crippen LogP contribution in [0.5, 0.6) is 5.75 Å². The van der Waals surface area contributed by atoms with Gasteiger partial charge in [0.1, 0.15) is 5.75 Å². The van der Waals surface area contributed by atoms with E-state index in [1.165, 1.54) is 12.1 Å². The van der Waals surface area contributed by atoms with E-state index < -0.39 is 11.0 Å². The molecular formula is C16H17NO4. The molecule has 2 rings (SSSR count). The van der Waals surface area contributed by atoms with Crippen molar-refractivity contribution in [1.29, 1.82) is 0 Å². The Morgan fingerprint density at radius 3 is 2.57 bits per heavy atom. The van der Waals surface area contributed by atoms with Crippen molar-refractivity contribution >= 4 is 5.69 Å². The Labute approximate surface area is 123 Å². The summed E-state index contributed by atoms with van der Waals surface area (Å²) in [6.45, 7) is 2.18. The van der Waals surface area contributed by atoms with E-state index in [0.29, 0.717) is 18.8 Å². The van der Waals surface area contributed by atoms with Gasteiger partial charge >= 0.3 is 0 Å². The fourth-order valence-electron chi connectivity index (χ4n) is 1.94. The fourth-order valence-corrected chi connectivity index (χ4v) is 1.94. The van der Waals surface area contributed by atoms with E-state index in [1.54, 1.807) is 25.1 Å². The highest BCUT2D eigenvalue weighted by Crippen LogP contribution is 2.19. The molecular weight excluding hydrogens is 270 g/mol. The predicted molar refractivity (Wildman–Crippen MR) is 79.4 cm³/mol. The van der Waals surface area contributed by atoms with Crippen molar-refractivity contribution in [3.63, 3.8) is 0 Å². The van der Waals surface area contributed by atoms with Crippen LogP contribution in [0.25, 0.3) is 0 Å². The average molecular weight is 287 g/mol. The van der Waals surface area contributed by atoms with Crippen molar-refractivity contribution in [2.45, 2.75) is 19.4 Å². The number of rotatable bonds is 6. The zero-order valence-corrected chi connectivity index (χ0v) is 11.7. The maximum absolute atomic E-state index is 10.6. The monoisotopic (exact) mass is 287 g/mol. The third kappa shape index (κ3) is 4.29. The highest BCUT2D eigenvalue weighted by molar-refractivity contribution is 5.33. The molecule has 0 radical (unpaired) electrons. The molecule has 0 saturated heterocycles. The maximum atomic E-state index is 10.6. The number of benzene rings is 2. The summed E-state index contributed by atoms with van der Waals surface area (Å²) in [7, 11) is 0. The number of aliphatic hydroxyl groups is 1. The largest absolute Gasteiger partial charge is 0.493 e. The molecule has 5 heteroatoms. The lowest BCUT2D eigenvalue weighted by Crippen LogP contribution is -2.02. The second-order valence-electron chi connectivity index (χ2n) is 4.77. The van der Waals surface area contributed by atoms with Crippen LogP contribution in [-0.2, 0) is 6.42 Å². The van der Waals surface area contributed by atoms with Crippen molar-refractivity contribution in [3.8, 4) is 5.75 Å². The van der Waals surface area contributed by atoms with Crippen molar-refractivity contribution in [1.82, 2.24) is 0 Å². The molecule has 0 aromatic heterocycles. The molecule has 2 aromatic rings. The molecule has 0 aliphatic heterocycles. The number of ether oxygens (including phenoxy) is 1. The summed E-state index contributed by atoms with van der Waals surface area (Å²) in [5.74, 6) is 0.704. The van der Waals surface area contributed by atoms with Gasteiger partial charge in [0.15, 0.2) is 0 Å². The first-order valence-electron chi connectivity index (χ1n) is 6.70. The number of hydrogen-bond donors (Lipinski definition) is 1. The van der Waals surface area contributed by atoms with Crippen LogP contribution < -0.4 is 4.74 Å². The minimum atomic E-state index is -0.525. The molecule has 0 aliphatic carbocycles. The van der Waals surface area contributed by atoms with Crippen molar-refractivity contribution in [2.75, 3.05) is 6.61 Å². The van der Waals surface area contributed by atoms with Gasteiger partial charge in [0.2, 0.25) is 0 Å². The molecule has 21 heavy (non-hydrogen) atoms. The number of nitro benzene ring substituents is 1. The first-order chi connectivity index (χ1) is 10.1. The third-order valence-corrected chi connectivity index (χ3v) is 3.15. The van der Waals surface area contributed by atoms with Crippen LogP contribution in [0.4, 0.5) is 5.69 Å². The summed E-state index contributed by atoms with van der Waals surface area (Å²) in [4.78, 5) is 10.1. The number of nitro groups is 1. The number of aliphatic hydroxyl groups excluding tert-OH is 1. The second kappa shape index (κ2) is 6.85. The van der Waals surface area contributed by atoms with Crippen LogP contribution >= 0.6 is 0 Å². The molecule has 1 atom stereocenters. The second-order valence-corrected chi connectivity index (χ2v) is 4.77. The molecule has 110 valence electrons. The van der Waals surface area contributed by atoms with Gasteiger partial charge in [-0.05, 0) is 30.2 Å². The Kier molecular flexibility index (Phi) is 4.90. The van der Waals surface area contributed by atoms with Crippen LogP contribution in [-0.4, -0.2) is 16.6 Å². The SMILES string of the molecule is C[C@H](O)c1cccc(OCCc2ccc([N+](=O)[O-])cc2)c1. The number of nitrogens with zero attached hydrogens (tertiary/aromatic N) is 1. The van der Waals surface area contributed by atoms with Gasteiger partial charge in [-0.2, -0.15) is 0 Å². The van der Waals surface area contributed by atoms with E-state index in [1.807, 2.05) is 18.2 Å². The lowest BCUT2D eigenvalue weighted by molar-refractivity contribution is -0.384. The summed E-state index contributed by atoms with van der Waals surface area (Å²) in [5, 5.41) is 20.1. The van der Waals surface area contributed by atoms with Crippen molar-refractivity contribution in [2.24, 2.45) is 0 Å². The quantitative estimate of drug-likeness (QED) is 0.653. The zero-order chi connectivity index (χ0) is 15.2. The molecule has 1 N–H and O–H groups in total. The van der Waals surface area contributed by atoms with Gasteiger partial charge in [0, 0.05) is 18.6 Å². The van der Waals surface area contributed by atoms with Crippen LogP contribution in [0.3, 0.4) is 0 Å². The normalized spacial score (nSPS) is 11.9. The molecule has 5 nitrogen and oxygen atoms in total. The molecule has 2 aromatic carbocycles. The van der Waals surface area contributed by atoms with Crippen LogP contribution in [0.1, 0.15) is 24.2 Å². The van der Waals surface area contributed by atoms with Crippen LogP contribution in [0, 0.1) is 10.1 Å². The Balaban J connectivity index is 1.89. The van der Waals surface area contributed by atoms with Gasteiger partial charge in [-0.15, -0.1) is 0 Å². The molecule has 0 aliphatic rings. The highest BCUT2D eigenvalue weighted by Gasteiger charge is 2.05. The predicted octanol–water partition coefficient (Wildman–Crippen LogP) is 3.27. The molecule has 0 spiro atoms. The van der Waals surface area contributed by atoms with E-state index in [4.69, 9.17) is 4.74 Å². The standard InChI is InChI=1S/C16H17NO4/c1-12(18)14-3-2-4-16(11-14)21-10-9-13-5-7-15(8-6-13)17(19)20/h2-8,11-12,18H,9-10H2,1H3/t12-/m0/s1. The summed E-state index contributed by atoms with van der Waals surface area (Å²) < 4.78 is 5.63. The van der Waals surface area contributed by atoms with Gasteiger partial charge in [-0.3, -0.25) is 10.1 Å². The summed E-state index contributed by atoms with van der Waals surface area (Å²) >= 11 is 0. The van der Waals surface area contributed by atoms with Crippen LogP contribution in [0.15, 0.2) is 48.5 Å². The smallest absolute Gasteiger partial charge is 0.269 e. The van der Waals surface area contributed by atoms with Gasteiger partial charge in [0.05, 0.1) is 17.6 Å². The van der Waals surface area contributed by atoms with Gasteiger partial charge < -0.3 is 9.84 Å². The fraction of sp³-hybridized carbons (Fsp3) is 0.250. The lowest BCUT2D eigenvalue weighted by atomic mass is 10.1. The summed E-state index contributed by atoms with van der Waals surface area (Å²) in [6.07, 6.45) is 0.139. The van der Waals surface area contributed by atoms with Crippen LogP contribution in [0.2, 0.25) is 0 Å². The van der Waals surface area contributed by atoms with E-state index in [2.05, 4.69) is 0 Å². The first kappa shape index (κ1) is 15.0. The van der Waals surface area contributed by atoms with Gasteiger partial charge in [-0.1, -0.05) is 24.3 Å². The van der Waals surface area contributed by atoms with E-state index in [-0.39, 0.29) is 5.69 Å². The average Bonchev–Trinajstić information content (AvgIpc) is 2.48. The Bertz CT molecular complexity index is 608. The molecule has 0 fully saturated rings. The molecule has 0 bridgehead atoms. The number of non-ortho nitro benzene ring substituents is 1. The maximum Gasteiger partial charge on any atom is 0.269 e. The van der Waals surface area contributed by atoms with Crippen molar-refractivity contribution < 1.29 is 14.8 Å². The van der Waals surface area contributed by atoms with E-state index in [0.717, 1.165) is 11.1 Å². The summed E-state index contributed by atoms with van der Waals surface area (Å²) in [5.41, 5.74) is 1.87. The molecule has 0 heterocycles. The van der Waals surface area contributed by atoms with E-state index >= 15 is 0 Å². The highest BCUT2D eigenvalue weighted by atomic mass is 16.6. The van der Waals surface area contributed by atoms with Gasteiger partial charge in [-0.25, -0.2) is 0 Å². The first-order valence-corrected chi connectivity index (χ1v) is 6.70. The minimum absolute atomic E-state index is 0.0873. The molecule has 0 saturated carbocycles. The van der Waals surface area contributed by atoms with Crippen molar-refractivity contribution in [3.05, 3.63) is 69.8 Å². The molecule has 0 amide bonds. The molecule has 0 unspecified atom stereocenters. The lowest BCUT2D eigenvalue weighted by Gasteiger charge is -2.09. The Morgan fingerprint density at radius 2 is 1.95 bits per heavy atom. The minimum Gasteiger partial charge on any atom is -0.493 e. The van der Waals surface area contributed by atoms with Gasteiger partial charge in [0.25, 0.3) is 5.69 Å². The Hall–Kier alpha value is -2.40. The Morgan fingerprint density at radius 1 is 1.24 bits per heavy atom.